The number of carbonyl (C=O) groups is 4. The highest BCUT2D eigenvalue weighted by Gasteiger charge is 2.75. The molecule has 10 heteroatoms. The largest absolute Gasteiger partial charge is 0.458 e. The van der Waals surface area contributed by atoms with Gasteiger partial charge in [-0.05, 0) is 48.5 Å². The van der Waals surface area contributed by atoms with Crippen molar-refractivity contribution in [1.29, 1.82) is 0 Å². The minimum Gasteiger partial charge on any atom is -0.458 e. The summed E-state index contributed by atoms with van der Waals surface area (Å²) in [7, 11) is 0. The van der Waals surface area contributed by atoms with Gasteiger partial charge < -0.3 is 24.1 Å². The third kappa shape index (κ3) is 4.43. The Hall–Kier alpha value is -2.75. The lowest BCUT2D eigenvalue weighted by molar-refractivity contribution is -0.319. The Morgan fingerprint density at radius 3 is 2.24 bits per heavy atom. The number of fused-ring (bicyclic) bond motifs is 5. The fourth-order valence-electron chi connectivity index (χ4n) is 7.94. The van der Waals surface area contributed by atoms with Crippen LogP contribution in [0.15, 0.2) is 41.5 Å². The number of Topliss-reactive ketones (excluding diaryl/α,β-unsaturated/α-hetero) is 1. The number of esters is 3. The molecule has 9 atom stereocenters. The van der Waals surface area contributed by atoms with Crippen LogP contribution in [0.1, 0.15) is 64.7 Å². The average molecular weight is 589 g/mol. The van der Waals surface area contributed by atoms with Gasteiger partial charge in [0, 0.05) is 25.1 Å². The van der Waals surface area contributed by atoms with Crippen molar-refractivity contribution in [2.24, 2.45) is 22.7 Å². The SMILES string of the molecule is CC(=O)O[C@H]1C(=O)[C@]2(C)C(Cl)C[C@H]3OC[C@@]3(OC(C)=O)C2C(OC(=O)c2ccccc2)C2C[C@H](O)C(C)=C1C2(C)C. The van der Waals surface area contributed by atoms with Crippen LogP contribution in [0.3, 0.4) is 0 Å². The number of alkyl halides is 1. The quantitative estimate of drug-likeness (QED) is 0.242. The zero-order chi connectivity index (χ0) is 30.1. The zero-order valence-electron chi connectivity index (χ0n) is 24.1. The summed E-state index contributed by atoms with van der Waals surface area (Å²) >= 11 is 7.07. The molecule has 1 aromatic carbocycles. The predicted molar refractivity (Wildman–Crippen MR) is 147 cm³/mol. The van der Waals surface area contributed by atoms with Crippen molar-refractivity contribution in [3.63, 3.8) is 0 Å². The molecule has 2 bridgehead atoms. The highest BCUT2D eigenvalue weighted by Crippen LogP contribution is 2.64. The Morgan fingerprint density at radius 1 is 1.02 bits per heavy atom. The number of carbonyl (C=O) groups excluding carboxylic acids is 4. The van der Waals surface area contributed by atoms with Gasteiger partial charge in [-0.3, -0.25) is 14.4 Å². The van der Waals surface area contributed by atoms with Gasteiger partial charge in [-0.15, -0.1) is 11.6 Å². The van der Waals surface area contributed by atoms with E-state index in [4.69, 9.17) is 30.5 Å². The van der Waals surface area contributed by atoms with Gasteiger partial charge in [0.25, 0.3) is 0 Å². The molecule has 1 aliphatic heterocycles. The van der Waals surface area contributed by atoms with E-state index in [-0.39, 0.29) is 19.4 Å². The number of aliphatic hydroxyl groups is 1. The molecular weight excluding hydrogens is 552 g/mol. The van der Waals surface area contributed by atoms with Crippen molar-refractivity contribution in [2.45, 2.75) is 89.8 Å². The molecule has 1 N–H and O–H groups in total. The van der Waals surface area contributed by atoms with Gasteiger partial charge in [0.05, 0.1) is 29.6 Å². The van der Waals surface area contributed by atoms with Crippen LogP contribution < -0.4 is 0 Å². The van der Waals surface area contributed by atoms with E-state index < -0.39 is 81.8 Å². The van der Waals surface area contributed by atoms with E-state index in [1.165, 1.54) is 13.8 Å². The van der Waals surface area contributed by atoms with Crippen LogP contribution in [0, 0.1) is 22.7 Å². The first-order valence-electron chi connectivity index (χ1n) is 14.0. The summed E-state index contributed by atoms with van der Waals surface area (Å²) in [4.78, 5) is 53.5. The van der Waals surface area contributed by atoms with Gasteiger partial charge in [0.2, 0.25) is 0 Å². The van der Waals surface area contributed by atoms with Crippen molar-refractivity contribution < 1.29 is 43.2 Å². The van der Waals surface area contributed by atoms with Crippen LogP contribution in [-0.2, 0) is 33.3 Å². The van der Waals surface area contributed by atoms with E-state index in [1.54, 1.807) is 44.2 Å². The molecule has 3 aliphatic carbocycles. The zero-order valence-corrected chi connectivity index (χ0v) is 24.9. The molecule has 4 unspecified atom stereocenters. The maximum absolute atomic E-state index is 14.8. The molecule has 9 nitrogen and oxygen atoms in total. The Balaban J connectivity index is 1.79. The number of ether oxygens (including phenoxy) is 4. The first kappa shape index (κ1) is 29.7. The molecule has 1 heterocycles. The molecule has 41 heavy (non-hydrogen) atoms. The van der Waals surface area contributed by atoms with Gasteiger partial charge in [-0.2, -0.15) is 0 Å². The number of halogens is 1. The van der Waals surface area contributed by atoms with Crippen molar-refractivity contribution in [1.82, 2.24) is 0 Å². The topological polar surface area (TPSA) is 125 Å². The first-order chi connectivity index (χ1) is 19.2. The second-order valence-corrected chi connectivity index (χ2v) is 13.1. The summed E-state index contributed by atoms with van der Waals surface area (Å²) < 4.78 is 24.1. The van der Waals surface area contributed by atoms with Crippen LogP contribution in [0.25, 0.3) is 0 Å². The minimum absolute atomic E-state index is 0.0244. The van der Waals surface area contributed by atoms with Crippen molar-refractivity contribution in [3.8, 4) is 0 Å². The number of hydrogen-bond donors (Lipinski definition) is 1. The lowest BCUT2D eigenvalue weighted by Gasteiger charge is -2.66. The first-order valence-corrected chi connectivity index (χ1v) is 14.4. The minimum atomic E-state index is -1.48. The van der Waals surface area contributed by atoms with Gasteiger partial charge in [-0.25, -0.2) is 4.79 Å². The lowest BCUT2D eigenvalue weighted by Crippen LogP contribution is -2.78. The van der Waals surface area contributed by atoms with Gasteiger partial charge in [0.15, 0.2) is 17.5 Å². The molecule has 3 fully saturated rings. The van der Waals surface area contributed by atoms with Crippen molar-refractivity contribution >= 4 is 35.3 Å². The Labute approximate surface area is 244 Å². The summed E-state index contributed by atoms with van der Waals surface area (Å²) in [6.07, 6.45) is -3.63. The Morgan fingerprint density at radius 2 is 1.68 bits per heavy atom. The monoisotopic (exact) mass is 588 g/mol. The number of hydrogen-bond acceptors (Lipinski definition) is 9. The molecule has 222 valence electrons. The molecule has 0 spiro atoms. The summed E-state index contributed by atoms with van der Waals surface area (Å²) in [5, 5.41) is 10.5. The van der Waals surface area contributed by atoms with Crippen LogP contribution in [-0.4, -0.2) is 70.8 Å². The maximum atomic E-state index is 14.8. The van der Waals surface area contributed by atoms with E-state index in [2.05, 4.69) is 0 Å². The smallest absolute Gasteiger partial charge is 0.338 e. The van der Waals surface area contributed by atoms with Gasteiger partial charge in [0.1, 0.15) is 12.2 Å². The summed E-state index contributed by atoms with van der Waals surface area (Å²) in [5.74, 6) is -3.89. The molecule has 0 aromatic heterocycles. The van der Waals surface area contributed by atoms with Gasteiger partial charge in [-0.1, -0.05) is 39.0 Å². The van der Waals surface area contributed by atoms with E-state index in [1.807, 2.05) is 13.8 Å². The molecule has 0 amide bonds. The summed E-state index contributed by atoms with van der Waals surface area (Å²) in [6.45, 7) is 9.68. The highest BCUT2D eigenvalue weighted by molar-refractivity contribution is 6.23. The Bertz CT molecular complexity index is 1310. The van der Waals surface area contributed by atoms with Crippen LogP contribution in [0.5, 0.6) is 0 Å². The number of benzene rings is 1. The van der Waals surface area contributed by atoms with Crippen molar-refractivity contribution in [3.05, 3.63) is 47.0 Å². The molecular formula is C31H37ClO9. The maximum Gasteiger partial charge on any atom is 0.338 e. The molecule has 4 aliphatic rings. The number of aliphatic hydroxyl groups excluding tert-OH is 1. The Kier molecular flexibility index (Phi) is 7.40. The second-order valence-electron chi connectivity index (χ2n) is 12.6. The third-order valence-corrected chi connectivity index (χ3v) is 10.6. The fourth-order valence-corrected chi connectivity index (χ4v) is 8.35. The van der Waals surface area contributed by atoms with Gasteiger partial charge >= 0.3 is 17.9 Å². The van der Waals surface area contributed by atoms with E-state index in [0.29, 0.717) is 16.7 Å². The van der Waals surface area contributed by atoms with Crippen molar-refractivity contribution in [2.75, 3.05) is 6.61 Å². The van der Waals surface area contributed by atoms with E-state index in [0.717, 1.165) is 0 Å². The molecule has 1 saturated heterocycles. The summed E-state index contributed by atoms with van der Waals surface area (Å²) in [6, 6.07) is 8.48. The van der Waals surface area contributed by atoms with E-state index >= 15 is 0 Å². The molecule has 2 saturated carbocycles. The average Bonchev–Trinajstić information content (AvgIpc) is 2.89. The fraction of sp³-hybridized carbons (Fsp3) is 0.613. The predicted octanol–water partition coefficient (Wildman–Crippen LogP) is 3.78. The standard InChI is InChI=1S/C31H37ClO9/c1-15-20(35)12-19-24(40-28(37)18-10-8-7-9-11-18)26-30(6,21(32)13-22-31(26,14-38-22)41-17(3)34)27(36)25(39-16(2)33)23(15)29(19,4)5/h7-11,19-22,24-26,35H,12-14H2,1-6H3/t19?,20-,21?,22+,24?,25+,26?,30+,31-/m0/s1. The van der Waals surface area contributed by atoms with E-state index in [9.17, 15) is 24.3 Å². The van der Waals surface area contributed by atoms with Crippen LogP contribution in [0.4, 0.5) is 0 Å². The van der Waals surface area contributed by atoms with Crippen LogP contribution in [0.2, 0.25) is 0 Å². The lowest BCUT2D eigenvalue weighted by atomic mass is 9.46. The molecule has 1 aromatic rings. The summed E-state index contributed by atoms with van der Waals surface area (Å²) in [5.41, 5.74) is -2.40. The third-order valence-electron chi connectivity index (χ3n) is 9.95. The number of ketones is 1. The van der Waals surface area contributed by atoms with Crippen LogP contribution >= 0.6 is 11.6 Å². The number of rotatable bonds is 4. The molecule has 5 rings (SSSR count). The normalized spacial score (nSPS) is 39.2. The second kappa shape index (κ2) is 10.2. The molecule has 0 radical (unpaired) electrons. The highest BCUT2D eigenvalue weighted by atomic mass is 35.5.